The van der Waals surface area contributed by atoms with Gasteiger partial charge in [-0.25, -0.2) is 0 Å². The lowest BCUT2D eigenvalue weighted by molar-refractivity contribution is 0.0545. The van der Waals surface area contributed by atoms with Gasteiger partial charge in [-0.2, -0.15) is 0 Å². The van der Waals surface area contributed by atoms with Crippen LogP contribution in [0, 0.1) is 0 Å². The van der Waals surface area contributed by atoms with Crippen LogP contribution >= 0.6 is 0 Å². The molecule has 0 amide bonds. The van der Waals surface area contributed by atoms with Gasteiger partial charge in [0.05, 0.1) is 0 Å². The van der Waals surface area contributed by atoms with Crippen LogP contribution in [-0.4, -0.2) is 61.7 Å². The van der Waals surface area contributed by atoms with Gasteiger partial charge < -0.3 is 5.32 Å². The number of hydrogen-bond acceptors (Lipinski definition) is 3. The summed E-state index contributed by atoms with van der Waals surface area (Å²) in [7, 11) is 4.30. The Labute approximate surface area is 94.8 Å². The fourth-order valence-electron chi connectivity index (χ4n) is 2.40. The zero-order chi connectivity index (χ0) is 11.4. The van der Waals surface area contributed by atoms with Gasteiger partial charge in [0.2, 0.25) is 0 Å². The highest BCUT2D eigenvalue weighted by atomic mass is 15.3. The number of likely N-dealkylation sites (N-methyl/N-ethyl adjacent to an activating group) is 2. The van der Waals surface area contributed by atoms with Crippen LogP contribution < -0.4 is 5.32 Å². The Kier molecular flexibility index (Phi) is 5.03. The Morgan fingerprint density at radius 3 is 2.20 bits per heavy atom. The second-order valence-corrected chi connectivity index (χ2v) is 4.98. The van der Waals surface area contributed by atoms with Crippen LogP contribution in [0.4, 0.5) is 0 Å². The van der Waals surface area contributed by atoms with Crippen LogP contribution in [0.1, 0.15) is 27.2 Å². The van der Waals surface area contributed by atoms with Crippen LogP contribution in [0.5, 0.6) is 0 Å². The second-order valence-electron chi connectivity index (χ2n) is 4.98. The molecule has 0 bridgehead atoms. The van der Waals surface area contributed by atoms with E-state index in [-0.39, 0.29) is 0 Å². The van der Waals surface area contributed by atoms with E-state index in [1.165, 1.54) is 26.1 Å². The minimum absolute atomic E-state index is 0.646. The van der Waals surface area contributed by atoms with E-state index in [0.717, 1.165) is 0 Å². The van der Waals surface area contributed by atoms with Gasteiger partial charge in [-0.1, -0.05) is 6.92 Å². The molecule has 3 unspecified atom stereocenters. The topological polar surface area (TPSA) is 18.5 Å². The molecular formula is C12H27N3. The molecule has 0 aliphatic carbocycles. The average molecular weight is 213 g/mol. The third kappa shape index (κ3) is 3.44. The van der Waals surface area contributed by atoms with Gasteiger partial charge >= 0.3 is 0 Å². The zero-order valence-electron chi connectivity index (χ0n) is 11.0. The van der Waals surface area contributed by atoms with Crippen molar-refractivity contribution in [1.82, 2.24) is 15.1 Å². The SMILES string of the molecule is CCC(CN1CC(C)N(C)C(C)C1)NC. The molecule has 0 spiro atoms. The van der Waals surface area contributed by atoms with Crippen LogP contribution in [0.25, 0.3) is 0 Å². The van der Waals surface area contributed by atoms with Crippen molar-refractivity contribution in [1.29, 1.82) is 0 Å². The van der Waals surface area contributed by atoms with Gasteiger partial charge in [0.1, 0.15) is 0 Å². The Hall–Kier alpha value is -0.120. The third-order valence-corrected chi connectivity index (χ3v) is 3.81. The van der Waals surface area contributed by atoms with Crippen LogP contribution in [0.15, 0.2) is 0 Å². The fourth-order valence-corrected chi connectivity index (χ4v) is 2.40. The maximum absolute atomic E-state index is 3.38. The molecule has 0 aromatic rings. The van der Waals surface area contributed by atoms with E-state index in [9.17, 15) is 0 Å². The summed E-state index contributed by atoms with van der Waals surface area (Å²) in [5.41, 5.74) is 0. The molecule has 3 heteroatoms. The van der Waals surface area contributed by atoms with E-state index in [1.807, 2.05) is 0 Å². The summed E-state index contributed by atoms with van der Waals surface area (Å²) in [5, 5.41) is 3.38. The van der Waals surface area contributed by atoms with Crippen LogP contribution in [0.2, 0.25) is 0 Å². The standard InChI is InChI=1S/C12H27N3/c1-6-12(13-4)9-15-7-10(2)14(5)11(3)8-15/h10-13H,6-9H2,1-5H3. The highest BCUT2D eigenvalue weighted by Gasteiger charge is 2.27. The molecule has 0 radical (unpaired) electrons. The van der Waals surface area contributed by atoms with Gasteiger partial charge in [0.15, 0.2) is 0 Å². The number of piperazine rings is 1. The Balaban J connectivity index is 2.43. The molecule has 3 nitrogen and oxygen atoms in total. The molecule has 1 N–H and O–H groups in total. The molecule has 1 aliphatic rings. The van der Waals surface area contributed by atoms with E-state index >= 15 is 0 Å². The summed E-state index contributed by atoms with van der Waals surface area (Å²) in [6.45, 7) is 10.5. The molecule has 0 aromatic heterocycles. The highest BCUT2D eigenvalue weighted by molar-refractivity contribution is 4.84. The zero-order valence-corrected chi connectivity index (χ0v) is 11.0. The maximum Gasteiger partial charge on any atom is 0.0195 e. The Bertz CT molecular complexity index is 168. The molecular weight excluding hydrogens is 186 g/mol. The maximum atomic E-state index is 3.38. The molecule has 1 rings (SSSR count). The number of hydrogen-bond donors (Lipinski definition) is 1. The van der Waals surface area contributed by atoms with E-state index < -0.39 is 0 Å². The lowest BCUT2D eigenvalue weighted by Gasteiger charge is -2.43. The van der Waals surface area contributed by atoms with Crippen LogP contribution in [-0.2, 0) is 0 Å². The molecule has 1 saturated heterocycles. The monoisotopic (exact) mass is 213 g/mol. The van der Waals surface area contributed by atoms with E-state index in [2.05, 4.69) is 50.0 Å². The molecule has 15 heavy (non-hydrogen) atoms. The molecule has 0 aromatic carbocycles. The van der Waals surface area contributed by atoms with Crippen molar-refractivity contribution in [2.45, 2.75) is 45.3 Å². The Morgan fingerprint density at radius 2 is 1.80 bits per heavy atom. The average Bonchev–Trinajstić information content (AvgIpc) is 2.22. The van der Waals surface area contributed by atoms with Crippen molar-refractivity contribution in [3.8, 4) is 0 Å². The number of nitrogens with zero attached hydrogens (tertiary/aromatic N) is 2. The quantitative estimate of drug-likeness (QED) is 0.752. The normalized spacial score (nSPS) is 31.8. The Morgan fingerprint density at radius 1 is 1.27 bits per heavy atom. The lowest BCUT2D eigenvalue weighted by Crippen LogP contribution is -2.56. The third-order valence-electron chi connectivity index (χ3n) is 3.81. The first kappa shape index (κ1) is 12.9. The summed E-state index contributed by atoms with van der Waals surface area (Å²) in [6.07, 6.45) is 1.21. The van der Waals surface area contributed by atoms with Crippen molar-refractivity contribution in [3.63, 3.8) is 0 Å². The first-order chi connectivity index (χ1) is 7.08. The van der Waals surface area contributed by atoms with Crippen molar-refractivity contribution in [3.05, 3.63) is 0 Å². The van der Waals surface area contributed by atoms with Crippen molar-refractivity contribution in [2.24, 2.45) is 0 Å². The first-order valence-electron chi connectivity index (χ1n) is 6.20. The molecule has 1 aliphatic heterocycles. The minimum Gasteiger partial charge on any atom is -0.316 e. The van der Waals surface area contributed by atoms with Gasteiger partial charge in [0, 0.05) is 37.8 Å². The van der Waals surface area contributed by atoms with Gasteiger partial charge in [-0.3, -0.25) is 9.80 Å². The summed E-state index contributed by atoms with van der Waals surface area (Å²) < 4.78 is 0. The summed E-state index contributed by atoms with van der Waals surface area (Å²) in [4.78, 5) is 5.08. The smallest absolute Gasteiger partial charge is 0.0195 e. The van der Waals surface area contributed by atoms with E-state index in [1.54, 1.807) is 0 Å². The fraction of sp³-hybridized carbons (Fsp3) is 1.00. The lowest BCUT2D eigenvalue weighted by atomic mass is 10.1. The summed E-state index contributed by atoms with van der Waals surface area (Å²) >= 11 is 0. The molecule has 3 atom stereocenters. The minimum atomic E-state index is 0.646. The van der Waals surface area contributed by atoms with Crippen molar-refractivity contribution < 1.29 is 0 Å². The molecule has 90 valence electrons. The molecule has 0 saturated carbocycles. The molecule has 1 fully saturated rings. The van der Waals surface area contributed by atoms with Gasteiger partial charge in [-0.05, 0) is 34.4 Å². The summed E-state index contributed by atoms with van der Waals surface area (Å²) in [5.74, 6) is 0. The highest BCUT2D eigenvalue weighted by Crippen LogP contribution is 2.13. The van der Waals surface area contributed by atoms with Crippen molar-refractivity contribution in [2.75, 3.05) is 33.7 Å². The second kappa shape index (κ2) is 5.83. The predicted molar refractivity (Wildman–Crippen MR) is 66.3 cm³/mol. The molecule has 1 heterocycles. The number of nitrogens with one attached hydrogen (secondary N) is 1. The predicted octanol–water partition coefficient (Wildman–Crippen LogP) is 1.01. The largest absolute Gasteiger partial charge is 0.316 e. The van der Waals surface area contributed by atoms with Gasteiger partial charge in [0.25, 0.3) is 0 Å². The first-order valence-corrected chi connectivity index (χ1v) is 6.20. The van der Waals surface area contributed by atoms with E-state index in [0.29, 0.717) is 18.1 Å². The van der Waals surface area contributed by atoms with Gasteiger partial charge in [-0.15, -0.1) is 0 Å². The van der Waals surface area contributed by atoms with E-state index in [4.69, 9.17) is 0 Å². The van der Waals surface area contributed by atoms with Crippen LogP contribution in [0.3, 0.4) is 0 Å². The summed E-state index contributed by atoms with van der Waals surface area (Å²) in [6, 6.07) is 2.01. The number of rotatable bonds is 4. The van der Waals surface area contributed by atoms with Crippen molar-refractivity contribution >= 4 is 0 Å².